The summed E-state index contributed by atoms with van der Waals surface area (Å²) in [6.07, 6.45) is 0.629. The minimum atomic E-state index is -0.375. The quantitative estimate of drug-likeness (QED) is 0.873. The summed E-state index contributed by atoms with van der Waals surface area (Å²) in [5.74, 6) is 1.39. The Kier molecular flexibility index (Phi) is 4.84. The summed E-state index contributed by atoms with van der Waals surface area (Å²) in [7, 11) is 0. The highest BCUT2D eigenvalue weighted by molar-refractivity contribution is 6.31. The van der Waals surface area contributed by atoms with E-state index in [2.05, 4.69) is 5.32 Å². The first kappa shape index (κ1) is 15.1. The number of aryl methyl sites for hydroxylation is 2. The Balaban J connectivity index is 2.30. The summed E-state index contributed by atoms with van der Waals surface area (Å²) in [6.45, 7) is 6.73. The maximum absolute atomic E-state index is 13.5. The van der Waals surface area contributed by atoms with Crippen LogP contribution in [-0.2, 0) is 6.42 Å². The molecule has 1 aromatic carbocycles. The summed E-state index contributed by atoms with van der Waals surface area (Å²) in [5, 5.41) is 3.61. The van der Waals surface area contributed by atoms with E-state index in [4.69, 9.17) is 16.0 Å². The molecule has 1 unspecified atom stereocenters. The van der Waals surface area contributed by atoms with Crippen molar-refractivity contribution >= 4 is 11.6 Å². The monoisotopic (exact) mass is 295 g/mol. The molecule has 0 radical (unpaired) electrons. The van der Waals surface area contributed by atoms with Crippen molar-refractivity contribution in [3.05, 3.63) is 57.8 Å². The van der Waals surface area contributed by atoms with Crippen LogP contribution in [0.15, 0.2) is 28.7 Å². The van der Waals surface area contributed by atoms with Gasteiger partial charge in [-0.25, -0.2) is 4.39 Å². The molecule has 108 valence electrons. The third kappa shape index (κ3) is 3.22. The van der Waals surface area contributed by atoms with Crippen molar-refractivity contribution in [2.24, 2.45) is 0 Å². The highest BCUT2D eigenvalue weighted by Crippen LogP contribution is 2.28. The Hall–Kier alpha value is -1.32. The zero-order chi connectivity index (χ0) is 14.7. The molecule has 0 saturated heterocycles. The Bertz CT molecular complexity index is 594. The number of rotatable bonds is 5. The van der Waals surface area contributed by atoms with Crippen LogP contribution in [0.1, 0.15) is 35.6 Å². The summed E-state index contributed by atoms with van der Waals surface area (Å²) < 4.78 is 19.1. The lowest BCUT2D eigenvalue weighted by Gasteiger charge is -2.18. The lowest BCUT2D eigenvalue weighted by molar-refractivity contribution is 0.484. The van der Waals surface area contributed by atoms with E-state index >= 15 is 0 Å². The third-order valence-corrected chi connectivity index (χ3v) is 3.78. The first-order chi connectivity index (χ1) is 9.52. The van der Waals surface area contributed by atoms with Gasteiger partial charge in [-0.2, -0.15) is 0 Å². The summed E-state index contributed by atoms with van der Waals surface area (Å²) in [6, 6.07) is 7.01. The first-order valence-electron chi connectivity index (χ1n) is 6.76. The van der Waals surface area contributed by atoms with E-state index in [-0.39, 0.29) is 16.9 Å². The van der Waals surface area contributed by atoms with Crippen molar-refractivity contribution in [1.29, 1.82) is 0 Å². The molecular formula is C16H19ClFNO. The summed E-state index contributed by atoms with van der Waals surface area (Å²) >= 11 is 6.04. The Morgan fingerprint density at radius 2 is 2.10 bits per heavy atom. The number of furan rings is 1. The maximum Gasteiger partial charge on any atom is 0.142 e. The van der Waals surface area contributed by atoms with Gasteiger partial charge in [-0.3, -0.25) is 0 Å². The minimum Gasteiger partial charge on any atom is -0.466 e. The van der Waals surface area contributed by atoms with Gasteiger partial charge < -0.3 is 9.73 Å². The number of halogens is 2. The van der Waals surface area contributed by atoms with Crippen molar-refractivity contribution in [2.45, 2.75) is 33.2 Å². The van der Waals surface area contributed by atoms with Gasteiger partial charge in [-0.1, -0.05) is 30.7 Å². The average Bonchev–Trinajstić information content (AvgIpc) is 2.73. The molecule has 0 aliphatic carbocycles. The number of hydrogen-bond acceptors (Lipinski definition) is 2. The molecule has 1 atom stereocenters. The Morgan fingerprint density at radius 3 is 2.70 bits per heavy atom. The smallest absolute Gasteiger partial charge is 0.142 e. The van der Waals surface area contributed by atoms with E-state index in [0.29, 0.717) is 6.42 Å². The van der Waals surface area contributed by atoms with Crippen LogP contribution in [0.4, 0.5) is 4.39 Å². The van der Waals surface area contributed by atoms with Crippen LogP contribution in [-0.4, -0.2) is 6.54 Å². The van der Waals surface area contributed by atoms with Gasteiger partial charge in [0.05, 0.1) is 5.02 Å². The van der Waals surface area contributed by atoms with Crippen LogP contribution in [0.3, 0.4) is 0 Å². The van der Waals surface area contributed by atoms with Crippen molar-refractivity contribution in [1.82, 2.24) is 5.32 Å². The van der Waals surface area contributed by atoms with Crippen molar-refractivity contribution in [2.75, 3.05) is 6.54 Å². The topological polar surface area (TPSA) is 25.2 Å². The number of nitrogens with one attached hydrogen (secondary N) is 1. The molecule has 0 aliphatic rings. The van der Waals surface area contributed by atoms with E-state index in [9.17, 15) is 4.39 Å². The molecule has 0 bridgehead atoms. The molecule has 0 spiro atoms. The van der Waals surface area contributed by atoms with E-state index in [1.165, 1.54) is 6.07 Å². The van der Waals surface area contributed by atoms with Crippen molar-refractivity contribution in [3.8, 4) is 0 Å². The molecule has 2 rings (SSSR count). The fourth-order valence-electron chi connectivity index (χ4n) is 2.46. The molecular weight excluding hydrogens is 277 g/mol. The van der Waals surface area contributed by atoms with Crippen molar-refractivity contribution < 1.29 is 8.81 Å². The number of likely N-dealkylation sites (N-methyl/N-ethyl adjacent to an activating group) is 1. The summed E-state index contributed by atoms with van der Waals surface area (Å²) in [4.78, 5) is 0. The van der Waals surface area contributed by atoms with Crippen LogP contribution >= 0.6 is 11.6 Å². The number of hydrogen-bond donors (Lipinski definition) is 1. The van der Waals surface area contributed by atoms with Crippen LogP contribution < -0.4 is 5.32 Å². The predicted molar refractivity (Wildman–Crippen MR) is 79.7 cm³/mol. The fraction of sp³-hybridized carbons (Fsp3) is 0.375. The van der Waals surface area contributed by atoms with Crippen LogP contribution in [0.5, 0.6) is 0 Å². The average molecular weight is 296 g/mol. The van der Waals surface area contributed by atoms with Gasteiger partial charge in [-0.15, -0.1) is 0 Å². The van der Waals surface area contributed by atoms with Gasteiger partial charge in [0.1, 0.15) is 17.3 Å². The molecule has 0 fully saturated rings. The third-order valence-electron chi connectivity index (χ3n) is 3.36. The highest BCUT2D eigenvalue weighted by Gasteiger charge is 2.18. The van der Waals surface area contributed by atoms with Gasteiger partial charge in [0.2, 0.25) is 0 Å². The standard InChI is InChI=1S/C16H19ClFNO/c1-4-19-15(13-8-10(2)20-11(13)3)9-12-6-5-7-14(18)16(12)17/h5-8,15,19H,4,9H2,1-3H3. The molecule has 0 amide bonds. The maximum atomic E-state index is 13.5. The van der Waals surface area contributed by atoms with E-state index in [0.717, 1.165) is 29.2 Å². The van der Waals surface area contributed by atoms with Crippen LogP contribution in [0, 0.1) is 19.7 Å². The summed E-state index contributed by atoms with van der Waals surface area (Å²) in [5.41, 5.74) is 1.90. The molecule has 20 heavy (non-hydrogen) atoms. The SMILES string of the molecule is CCNC(Cc1cccc(F)c1Cl)c1cc(C)oc1C. The van der Waals surface area contributed by atoms with E-state index in [1.807, 2.05) is 32.9 Å². The van der Waals surface area contributed by atoms with E-state index in [1.54, 1.807) is 6.07 Å². The fourth-order valence-corrected chi connectivity index (χ4v) is 2.66. The molecule has 2 aromatic rings. The molecule has 4 heteroatoms. The van der Waals surface area contributed by atoms with Crippen LogP contribution in [0.2, 0.25) is 5.02 Å². The van der Waals surface area contributed by atoms with E-state index < -0.39 is 0 Å². The number of benzene rings is 1. The zero-order valence-electron chi connectivity index (χ0n) is 12.0. The largest absolute Gasteiger partial charge is 0.466 e. The Morgan fingerprint density at radius 1 is 1.35 bits per heavy atom. The second-order valence-corrected chi connectivity index (χ2v) is 5.27. The van der Waals surface area contributed by atoms with Crippen molar-refractivity contribution in [3.63, 3.8) is 0 Å². The zero-order valence-corrected chi connectivity index (χ0v) is 12.7. The van der Waals surface area contributed by atoms with Gasteiger partial charge in [0, 0.05) is 11.6 Å². The van der Waals surface area contributed by atoms with Gasteiger partial charge in [-0.05, 0) is 44.5 Å². The molecule has 0 saturated carbocycles. The Labute approximate surface area is 123 Å². The molecule has 1 N–H and O–H groups in total. The molecule has 1 aromatic heterocycles. The van der Waals surface area contributed by atoms with Gasteiger partial charge in [0.15, 0.2) is 0 Å². The van der Waals surface area contributed by atoms with Crippen LogP contribution in [0.25, 0.3) is 0 Å². The normalized spacial score (nSPS) is 12.7. The lowest BCUT2D eigenvalue weighted by Crippen LogP contribution is -2.23. The molecule has 0 aliphatic heterocycles. The van der Waals surface area contributed by atoms with Gasteiger partial charge >= 0.3 is 0 Å². The second-order valence-electron chi connectivity index (χ2n) is 4.90. The highest BCUT2D eigenvalue weighted by atomic mass is 35.5. The lowest BCUT2D eigenvalue weighted by atomic mass is 9.99. The predicted octanol–water partition coefficient (Wildman–Crippen LogP) is 4.58. The minimum absolute atomic E-state index is 0.0664. The second kappa shape index (κ2) is 6.42. The van der Waals surface area contributed by atoms with Gasteiger partial charge in [0.25, 0.3) is 0 Å². The molecule has 1 heterocycles. The molecule has 2 nitrogen and oxygen atoms in total. The first-order valence-corrected chi connectivity index (χ1v) is 7.14.